The number of nitrogens with two attached hydrogens (primary N) is 1. The number of aromatic nitrogens is 1. The van der Waals surface area contributed by atoms with Crippen LogP contribution in [0, 0.1) is 5.95 Å². The van der Waals surface area contributed by atoms with Gasteiger partial charge in [0.1, 0.15) is 5.69 Å². The smallest absolute Gasteiger partial charge is 0.403 e. The molecular weight excluding hydrogens is 232 g/mol. The average Bonchev–Trinajstić information content (AvgIpc) is 2.18. The molecule has 0 spiro atoms. The molecule has 90 valence electrons. The van der Waals surface area contributed by atoms with E-state index in [9.17, 15) is 17.6 Å². The maximum absolute atomic E-state index is 12.8. The number of rotatable bonds is 3. The Bertz CT molecular complexity index is 356. The second-order valence-electron chi connectivity index (χ2n) is 2.79. The summed E-state index contributed by atoms with van der Waals surface area (Å²) in [5, 5.41) is 8.74. The van der Waals surface area contributed by atoms with E-state index in [0.29, 0.717) is 0 Å². The zero-order valence-corrected chi connectivity index (χ0v) is 7.88. The van der Waals surface area contributed by atoms with Gasteiger partial charge >= 0.3 is 6.36 Å². The fourth-order valence-electron chi connectivity index (χ4n) is 1.11. The lowest BCUT2D eigenvalue weighted by Gasteiger charge is -2.14. The van der Waals surface area contributed by atoms with Crippen molar-refractivity contribution in [3.05, 3.63) is 23.3 Å². The molecule has 3 N–H and O–H groups in total. The van der Waals surface area contributed by atoms with Crippen LogP contribution in [0.3, 0.4) is 0 Å². The largest absolute Gasteiger partial charge is 0.573 e. The van der Waals surface area contributed by atoms with Crippen molar-refractivity contribution in [2.75, 3.05) is 0 Å². The number of nitrogens with zero attached hydrogens (tertiary/aromatic N) is 1. The Hall–Kier alpha value is -1.41. The average molecular weight is 240 g/mol. The number of aliphatic hydroxyl groups is 1. The molecule has 8 heteroatoms. The molecule has 0 saturated carbocycles. The monoisotopic (exact) mass is 240 g/mol. The number of alkyl halides is 3. The van der Waals surface area contributed by atoms with Crippen LogP contribution in [0.4, 0.5) is 17.6 Å². The van der Waals surface area contributed by atoms with E-state index in [1.165, 1.54) is 0 Å². The standard InChI is InChI=1S/C8H8F4N2O2/c9-6-1-4(2-13)7(5(3-15)14-6)16-8(10,11)12/h1,15H,2-3,13H2. The summed E-state index contributed by atoms with van der Waals surface area (Å²) >= 11 is 0. The maximum Gasteiger partial charge on any atom is 0.573 e. The van der Waals surface area contributed by atoms with Gasteiger partial charge in [0, 0.05) is 18.2 Å². The maximum atomic E-state index is 12.8. The van der Waals surface area contributed by atoms with Gasteiger partial charge in [-0.25, -0.2) is 4.98 Å². The van der Waals surface area contributed by atoms with Gasteiger partial charge in [-0.05, 0) is 0 Å². The van der Waals surface area contributed by atoms with E-state index in [-0.39, 0.29) is 12.1 Å². The summed E-state index contributed by atoms with van der Waals surface area (Å²) in [5.74, 6) is -1.78. The lowest BCUT2D eigenvalue weighted by atomic mass is 10.2. The van der Waals surface area contributed by atoms with Crippen LogP contribution in [0.1, 0.15) is 11.3 Å². The van der Waals surface area contributed by atoms with Crippen molar-refractivity contribution in [3.8, 4) is 5.75 Å². The highest BCUT2D eigenvalue weighted by Crippen LogP contribution is 2.29. The van der Waals surface area contributed by atoms with E-state index in [2.05, 4.69) is 9.72 Å². The van der Waals surface area contributed by atoms with Gasteiger partial charge in [0.15, 0.2) is 5.75 Å². The molecule has 0 aromatic carbocycles. The molecule has 4 nitrogen and oxygen atoms in total. The minimum absolute atomic E-state index is 0.214. The normalized spacial score (nSPS) is 11.6. The molecule has 0 fully saturated rings. The van der Waals surface area contributed by atoms with E-state index >= 15 is 0 Å². The molecule has 1 aromatic rings. The molecule has 16 heavy (non-hydrogen) atoms. The second kappa shape index (κ2) is 4.62. The summed E-state index contributed by atoms with van der Waals surface area (Å²) in [4.78, 5) is 3.09. The molecule has 0 aliphatic carbocycles. The van der Waals surface area contributed by atoms with Gasteiger partial charge in [-0.2, -0.15) is 4.39 Å². The highest BCUT2D eigenvalue weighted by Gasteiger charge is 2.33. The van der Waals surface area contributed by atoms with Crippen molar-refractivity contribution >= 4 is 0 Å². The summed E-state index contributed by atoms with van der Waals surface area (Å²) in [6, 6.07) is 0.722. The van der Waals surface area contributed by atoms with Crippen molar-refractivity contribution in [2.45, 2.75) is 19.5 Å². The highest BCUT2D eigenvalue weighted by molar-refractivity contribution is 5.37. The van der Waals surface area contributed by atoms with Crippen LogP contribution in [0.2, 0.25) is 0 Å². The van der Waals surface area contributed by atoms with Crippen LogP contribution in [0.15, 0.2) is 6.07 Å². The quantitative estimate of drug-likeness (QED) is 0.612. The first-order chi connectivity index (χ1) is 7.37. The number of hydrogen-bond acceptors (Lipinski definition) is 4. The summed E-state index contributed by atoms with van der Waals surface area (Å²) < 4.78 is 52.5. The first kappa shape index (κ1) is 12.7. The molecule has 0 saturated heterocycles. The van der Waals surface area contributed by atoms with Crippen LogP contribution < -0.4 is 10.5 Å². The number of aliphatic hydroxyl groups excluding tert-OH is 1. The van der Waals surface area contributed by atoms with E-state index in [0.717, 1.165) is 6.07 Å². The third kappa shape index (κ3) is 3.04. The van der Waals surface area contributed by atoms with Crippen LogP contribution in [-0.2, 0) is 13.2 Å². The Morgan fingerprint density at radius 2 is 2.06 bits per heavy atom. The molecule has 1 aromatic heterocycles. The van der Waals surface area contributed by atoms with Crippen molar-refractivity contribution in [1.82, 2.24) is 4.98 Å². The molecule has 0 bridgehead atoms. The van der Waals surface area contributed by atoms with E-state index in [1.807, 2.05) is 0 Å². The van der Waals surface area contributed by atoms with E-state index in [4.69, 9.17) is 10.8 Å². The molecule has 1 heterocycles. The Morgan fingerprint density at radius 1 is 1.44 bits per heavy atom. The Morgan fingerprint density at radius 3 is 2.50 bits per heavy atom. The fourth-order valence-corrected chi connectivity index (χ4v) is 1.11. The number of halogens is 4. The van der Waals surface area contributed by atoms with Gasteiger partial charge in [-0.3, -0.25) is 0 Å². The van der Waals surface area contributed by atoms with Crippen LogP contribution in [0.25, 0.3) is 0 Å². The zero-order chi connectivity index (χ0) is 12.3. The first-order valence-corrected chi connectivity index (χ1v) is 4.12. The second-order valence-corrected chi connectivity index (χ2v) is 2.79. The van der Waals surface area contributed by atoms with E-state index in [1.54, 1.807) is 0 Å². The summed E-state index contributed by atoms with van der Waals surface area (Å²) in [6.07, 6.45) is -4.95. The van der Waals surface area contributed by atoms with Crippen LogP contribution in [-0.4, -0.2) is 16.5 Å². The lowest BCUT2D eigenvalue weighted by Crippen LogP contribution is -2.20. The number of hydrogen-bond donors (Lipinski definition) is 2. The van der Waals surface area contributed by atoms with Gasteiger partial charge < -0.3 is 15.6 Å². The van der Waals surface area contributed by atoms with Gasteiger partial charge in [-0.15, -0.1) is 13.2 Å². The number of pyridine rings is 1. The van der Waals surface area contributed by atoms with Crippen molar-refractivity contribution < 1.29 is 27.4 Å². The summed E-state index contributed by atoms with van der Waals surface area (Å²) in [5.41, 5.74) is 4.38. The molecule has 0 amide bonds. The van der Waals surface area contributed by atoms with Gasteiger partial charge in [-0.1, -0.05) is 0 Å². The molecule has 0 radical (unpaired) electrons. The fraction of sp³-hybridized carbons (Fsp3) is 0.375. The van der Waals surface area contributed by atoms with Crippen molar-refractivity contribution in [1.29, 1.82) is 0 Å². The topological polar surface area (TPSA) is 68.4 Å². The predicted molar refractivity (Wildman–Crippen MR) is 44.7 cm³/mol. The van der Waals surface area contributed by atoms with Crippen molar-refractivity contribution in [3.63, 3.8) is 0 Å². The van der Waals surface area contributed by atoms with Crippen molar-refractivity contribution in [2.24, 2.45) is 5.73 Å². The van der Waals surface area contributed by atoms with Gasteiger partial charge in [0.25, 0.3) is 0 Å². The Labute approximate surface area is 87.7 Å². The zero-order valence-electron chi connectivity index (χ0n) is 7.88. The van der Waals surface area contributed by atoms with Gasteiger partial charge in [0.05, 0.1) is 6.61 Å². The minimum atomic E-state index is -4.95. The molecule has 0 aliphatic heterocycles. The van der Waals surface area contributed by atoms with Gasteiger partial charge in [0.2, 0.25) is 5.95 Å². The Balaban J connectivity index is 3.22. The van der Waals surface area contributed by atoms with Crippen LogP contribution >= 0.6 is 0 Å². The van der Waals surface area contributed by atoms with E-state index < -0.39 is 30.4 Å². The third-order valence-electron chi connectivity index (χ3n) is 1.68. The molecule has 0 aliphatic rings. The Kier molecular flexibility index (Phi) is 3.66. The molecule has 0 atom stereocenters. The lowest BCUT2D eigenvalue weighted by molar-refractivity contribution is -0.275. The highest BCUT2D eigenvalue weighted by atomic mass is 19.4. The SMILES string of the molecule is NCc1cc(F)nc(CO)c1OC(F)(F)F. The first-order valence-electron chi connectivity index (χ1n) is 4.12. The number of ether oxygens (including phenoxy) is 1. The summed E-state index contributed by atoms with van der Waals surface area (Å²) in [7, 11) is 0. The minimum Gasteiger partial charge on any atom is -0.403 e. The third-order valence-corrected chi connectivity index (χ3v) is 1.68. The molecule has 1 rings (SSSR count). The molecule has 0 unspecified atom stereocenters. The summed E-state index contributed by atoms with van der Waals surface area (Å²) in [6.45, 7) is -1.24. The van der Waals surface area contributed by atoms with Crippen LogP contribution in [0.5, 0.6) is 5.75 Å². The predicted octanol–water partition coefficient (Wildman–Crippen LogP) is 1.07. The molecular formula is C8H8F4N2O2.